The molecule has 0 unspecified atom stereocenters. The molecule has 0 N–H and O–H groups in total. The molecule has 0 aliphatic rings. The van der Waals surface area contributed by atoms with Crippen LogP contribution >= 0.6 is 24.8 Å². The van der Waals surface area contributed by atoms with Gasteiger partial charge in [-0.3, -0.25) is 0 Å². The molecule has 0 atom stereocenters. The summed E-state index contributed by atoms with van der Waals surface area (Å²) in [6.45, 7) is 16.3. The average Bonchev–Trinajstić information content (AvgIpc) is 3.40. The Morgan fingerprint density at radius 3 is 1.95 bits per heavy atom. The Morgan fingerprint density at radius 1 is 0.730 bits per heavy atom. The van der Waals surface area contributed by atoms with Crippen molar-refractivity contribution >= 4 is 53.2 Å². The molecule has 198 valence electrons. The van der Waals surface area contributed by atoms with Crippen LogP contribution in [0, 0.1) is 42.5 Å². The molecule has 4 heteroatoms. The number of hydrogen-bond acceptors (Lipinski definition) is 0. The van der Waals surface area contributed by atoms with Crippen molar-refractivity contribution in [2.24, 2.45) is 0 Å². The van der Waals surface area contributed by atoms with E-state index < -0.39 is 0 Å². The number of rotatable bonds is 2. The van der Waals surface area contributed by atoms with Crippen LogP contribution in [0.15, 0.2) is 78.9 Å². The summed E-state index contributed by atoms with van der Waals surface area (Å²) in [5, 5.41) is 5.52. The van der Waals surface area contributed by atoms with Crippen LogP contribution in [0.1, 0.15) is 47.6 Å². The molecule has 5 rings (SSSR count). The molecular formula is C33H40Cl2SiZr-4. The van der Waals surface area contributed by atoms with E-state index in [4.69, 9.17) is 0 Å². The third kappa shape index (κ3) is 9.07. The minimum atomic E-state index is 0. The Balaban J connectivity index is 0. The monoisotopic (exact) mass is 624 g/mol. The zero-order valence-corrected chi connectivity index (χ0v) is 28.5. The quantitative estimate of drug-likeness (QED) is 0.135. The molecule has 0 fully saturated rings. The van der Waals surface area contributed by atoms with Crippen molar-refractivity contribution in [1.82, 2.24) is 0 Å². The second kappa shape index (κ2) is 17.2. The van der Waals surface area contributed by atoms with Crippen LogP contribution in [0.4, 0.5) is 0 Å². The summed E-state index contributed by atoms with van der Waals surface area (Å²) >= 11 is 1.36. The molecule has 0 aromatic heterocycles. The topological polar surface area (TPSA) is 0 Å². The fourth-order valence-corrected chi connectivity index (χ4v) is 4.55. The van der Waals surface area contributed by atoms with Gasteiger partial charge >= 0.3 is 30.2 Å². The van der Waals surface area contributed by atoms with Gasteiger partial charge in [-0.1, -0.05) is 86.8 Å². The Labute approximate surface area is 255 Å². The number of halogens is 2. The van der Waals surface area contributed by atoms with Crippen molar-refractivity contribution in [3.63, 3.8) is 0 Å². The van der Waals surface area contributed by atoms with Gasteiger partial charge in [0, 0.05) is 0 Å². The van der Waals surface area contributed by atoms with Gasteiger partial charge in [-0.05, 0) is 25.3 Å². The fraction of sp³-hybridized carbons (Fsp3) is 0.212. The van der Waals surface area contributed by atoms with Crippen LogP contribution in [0.3, 0.4) is 0 Å². The Morgan fingerprint density at radius 2 is 1.35 bits per heavy atom. The molecule has 0 saturated carbocycles. The van der Waals surface area contributed by atoms with Gasteiger partial charge in [0.1, 0.15) is 0 Å². The van der Waals surface area contributed by atoms with E-state index in [9.17, 15) is 0 Å². The van der Waals surface area contributed by atoms with E-state index in [-0.39, 0.29) is 39.7 Å². The fourth-order valence-electron chi connectivity index (χ4n) is 4.55. The summed E-state index contributed by atoms with van der Waals surface area (Å²) in [7, 11) is 0. The van der Waals surface area contributed by atoms with Crippen LogP contribution in [-0.2, 0) is 23.3 Å². The zero-order valence-electron chi connectivity index (χ0n) is 23.4. The molecule has 0 nitrogen and oxygen atoms in total. The number of benzene rings is 3. The van der Waals surface area contributed by atoms with E-state index in [2.05, 4.69) is 127 Å². The molecule has 0 amide bonds. The molecule has 0 heterocycles. The summed E-state index contributed by atoms with van der Waals surface area (Å²) in [5.41, 5.74) is 9.55. The Bertz CT molecular complexity index is 1360. The van der Waals surface area contributed by atoms with Crippen LogP contribution in [-0.4, -0.2) is 6.88 Å². The van der Waals surface area contributed by atoms with Gasteiger partial charge in [0.15, 0.2) is 0 Å². The Hall–Kier alpha value is -1.44. The molecular weight excluding hydrogens is 587 g/mol. The predicted molar refractivity (Wildman–Crippen MR) is 171 cm³/mol. The standard InChI is InChI=1S/C18H17.C13H15.2CH3.2ClH.Si.Zr/c1-12-9-16-13(2)11-14(3)18(17(16)10-12)15-7-5-4-6-8-15;1-9(2)12-7-11-5-4-10(3)6-13(11)8-12;;;;;;/h4-11H,1-3H3;4-9H,1-3H3;2*1H3;2*1H;;/q4*-1;;;;. The number of hydrogen-bond donors (Lipinski definition) is 0. The summed E-state index contributed by atoms with van der Waals surface area (Å²) in [6, 6.07) is 28.8. The van der Waals surface area contributed by atoms with Crippen molar-refractivity contribution in [2.75, 3.05) is 0 Å². The van der Waals surface area contributed by atoms with Crippen molar-refractivity contribution in [3.8, 4) is 11.1 Å². The SMILES string of the molecule is Cc1cc2c(-c3ccccc3)c(C)cc(C)c2[cH-]1.Cc1ccc2cc(C(C)C)[cH-]c2c1.Cl.Cl.[CH3-].[CH3-].[Si]=[Zr]. The van der Waals surface area contributed by atoms with Crippen LogP contribution < -0.4 is 0 Å². The molecule has 5 aromatic rings. The van der Waals surface area contributed by atoms with Gasteiger partial charge in [0.25, 0.3) is 0 Å². The van der Waals surface area contributed by atoms with E-state index in [1.165, 1.54) is 83.8 Å². The van der Waals surface area contributed by atoms with E-state index in [1.807, 2.05) is 0 Å². The van der Waals surface area contributed by atoms with Gasteiger partial charge in [-0.15, -0.1) is 87.3 Å². The number of aryl methyl sites for hydroxylation is 4. The third-order valence-electron chi connectivity index (χ3n) is 6.17. The summed E-state index contributed by atoms with van der Waals surface area (Å²) in [4.78, 5) is 0. The van der Waals surface area contributed by atoms with Gasteiger partial charge in [0.05, 0.1) is 0 Å². The van der Waals surface area contributed by atoms with Gasteiger partial charge in [-0.2, -0.15) is 12.1 Å². The number of fused-ring (bicyclic) bond motifs is 2. The molecule has 37 heavy (non-hydrogen) atoms. The van der Waals surface area contributed by atoms with Crippen molar-refractivity contribution in [1.29, 1.82) is 0 Å². The second-order valence-electron chi connectivity index (χ2n) is 9.19. The van der Waals surface area contributed by atoms with Crippen molar-refractivity contribution < 1.29 is 23.3 Å². The van der Waals surface area contributed by atoms with Crippen LogP contribution in [0.2, 0.25) is 0 Å². The van der Waals surface area contributed by atoms with Gasteiger partial charge in [0.2, 0.25) is 0 Å². The first-order chi connectivity index (χ1) is 15.8. The second-order valence-corrected chi connectivity index (χ2v) is 9.19. The summed E-state index contributed by atoms with van der Waals surface area (Å²) in [5.74, 6) is 0.632. The molecule has 5 aromatic carbocycles. The van der Waals surface area contributed by atoms with Crippen LogP contribution in [0.25, 0.3) is 32.7 Å². The van der Waals surface area contributed by atoms with E-state index in [0.29, 0.717) is 5.92 Å². The van der Waals surface area contributed by atoms with E-state index >= 15 is 0 Å². The summed E-state index contributed by atoms with van der Waals surface area (Å²) in [6.07, 6.45) is 0. The van der Waals surface area contributed by atoms with Crippen LogP contribution in [0.5, 0.6) is 0 Å². The average molecular weight is 627 g/mol. The molecule has 0 aliphatic carbocycles. The maximum absolute atomic E-state index is 3.06. The van der Waals surface area contributed by atoms with Crippen molar-refractivity contribution in [3.05, 3.63) is 122 Å². The van der Waals surface area contributed by atoms with Gasteiger partial charge < -0.3 is 14.9 Å². The summed E-state index contributed by atoms with van der Waals surface area (Å²) < 4.78 is 0. The first-order valence-corrected chi connectivity index (χ1v) is 15.7. The van der Waals surface area contributed by atoms with Gasteiger partial charge in [-0.25, -0.2) is 0 Å². The molecule has 2 radical (unpaired) electrons. The zero-order chi connectivity index (χ0) is 24.1. The third-order valence-corrected chi connectivity index (χ3v) is 6.17. The molecule has 0 aliphatic heterocycles. The van der Waals surface area contributed by atoms with Crippen molar-refractivity contribution in [2.45, 2.75) is 47.5 Å². The molecule has 0 spiro atoms. The minimum absolute atomic E-state index is 0. The molecule has 0 bridgehead atoms. The van der Waals surface area contributed by atoms with E-state index in [0.717, 1.165) is 0 Å². The normalized spacial score (nSPS) is 9.46. The first kappa shape index (κ1) is 37.7. The molecule has 0 saturated heterocycles. The first-order valence-electron chi connectivity index (χ1n) is 11.5. The maximum atomic E-state index is 3.06. The predicted octanol–water partition coefficient (Wildman–Crippen LogP) is 10.5. The van der Waals surface area contributed by atoms with E-state index in [1.54, 1.807) is 0 Å². The Kier molecular flexibility index (Phi) is 17.5.